The predicted octanol–water partition coefficient (Wildman–Crippen LogP) is 2.78. The lowest BCUT2D eigenvalue weighted by Crippen LogP contribution is -2.41. The van der Waals surface area contributed by atoms with Crippen molar-refractivity contribution >= 4 is 21.9 Å². The van der Waals surface area contributed by atoms with E-state index in [1.165, 1.54) is 4.31 Å². The first-order chi connectivity index (χ1) is 14.0. The molecule has 150 valence electrons. The number of nitrogens with zero attached hydrogens (tertiary/aromatic N) is 3. The van der Waals surface area contributed by atoms with E-state index in [-0.39, 0.29) is 35.8 Å². The highest BCUT2D eigenvalue weighted by atomic mass is 32.2. The van der Waals surface area contributed by atoms with Crippen molar-refractivity contribution in [1.29, 1.82) is 0 Å². The number of carbonyl (C=O) groups is 1. The highest BCUT2D eigenvalue weighted by Crippen LogP contribution is 2.25. The van der Waals surface area contributed by atoms with E-state index in [0.717, 1.165) is 5.56 Å². The molecule has 1 fully saturated rings. The molecule has 0 atom stereocenters. The van der Waals surface area contributed by atoms with Crippen molar-refractivity contribution in [1.82, 2.24) is 14.5 Å². The molecular formula is C20H20N4O4S. The fourth-order valence-electron chi connectivity index (χ4n) is 3.28. The number of hydrogen-bond acceptors (Lipinski definition) is 6. The Bertz CT molecular complexity index is 1080. The van der Waals surface area contributed by atoms with Crippen molar-refractivity contribution in [2.45, 2.75) is 17.7 Å². The number of piperidine rings is 1. The minimum absolute atomic E-state index is 0.0354. The van der Waals surface area contributed by atoms with Crippen LogP contribution in [-0.4, -0.2) is 41.9 Å². The zero-order valence-corrected chi connectivity index (χ0v) is 16.4. The summed E-state index contributed by atoms with van der Waals surface area (Å²) in [5.41, 5.74) is 0.764. The molecule has 8 nitrogen and oxygen atoms in total. The maximum absolute atomic E-state index is 12.7. The molecule has 1 aliphatic rings. The van der Waals surface area contributed by atoms with Gasteiger partial charge in [0.05, 0.1) is 4.90 Å². The van der Waals surface area contributed by atoms with Gasteiger partial charge in [0.15, 0.2) is 0 Å². The second-order valence-electron chi connectivity index (χ2n) is 6.76. The van der Waals surface area contributed by atoms with Gasteiger partial charge in [-0.2, -0.15) is 4.31 Å². The van der Waals surface area contributed by atoms with Crippen molar-refractivity contribution < 1.29 is 17.6 Å². The molecule has 3 aromatic rings. The average Bonchev–Trinajstić information content (AvgIpc) is 3.23. The molecule has 9 heteroatoms. The summed E-state index contributed by atoms with van der Waals surface area (Å²) < 4.78 is 32.3. The fraction of sp³-hybridized carbons (Fsp3) is 0.250. The summed E-state index contributed by atoms with van der Waals surface area (Å²) in [6.07, 6.45) is 0.856. The SMILES string of the molecule is O=C(Nc1nnc(-c2ccccc2)o1)C1CCN(S(=O)(=O)c2ccccc2)CC1. The second-order valence-corrected chi connectivity index (χ2v) is 8.70. The number of anilines is 1. The van der Waals surface area contributed by atoms with E-state index in [0.29, 0.717) is 18.7 Å². The van der Waals surface area contributed by atoms with Crippen LogP contribution in [0.15, 0.2) is 70.0 Å². The number of benzene rings is 2. The molecule has 0 saturated carbocycles. The Hall–Kier alpha value is -3.04. The first kappa shape index (κ1) is 19.3. The zero-order chi connectivity index (χ0) is 20.3. The first-order valence-corrected chi connectivity index (χ1v) is 10.7. The molecule has 0 unspecified atom stereocenters. The molecular weight excluding hydrogens is 392 g/mol. The number of amides is 1. The summed E-state index contributed by atoms with van der Waals surface area (Å²) >= 11 is 0. The molecule has 2 aromatic carbocycles. The summed E-state index contributed by atoms with van der Waals surface area (Å²) in [7, 11) is -3.54. The van der Waals surface area contributed by atoms with Gasteiger partial charge in [0.25, 0.3) is 0 Å². The standard InChI is InChI=1S/C20H20N4O4S/c25-18(21-20-23-22-19(28-20)16-7-3-1-4-8-16)15-11-13-24(14-12-15)29(26,27)17-9-5-2-6-10-17/h1-10,15H,11-14H2,(H,21,23,25). The molecule has 29 heavy (non-hydrogen) atoms. The molecule has 0 radical (unpaired) electrons. The summed E-state index contributed by atoms with van der Waals surface area (Å²) in [6.45, 7) is 0.572. The lowest BCUT2D eigenvalue weighted by molar-refractivity contribution is -0.121. The van der Waals surface area contributed by atoms with Gasteiger partial charge in [-0.15, -0.1) is 5.10 Å². The maximum Gasteiger partial charge on any atom is 0.322 e. The van der Waals surface area contributed by atoms with Crippen molar-refractivity contribution in [2.24, 2.45) is 5.92 Å². The van der Waals surface area contributed by atoms with Crippen molar-refractivity contribution in [3.8, 4) is 11.5 Å². The van der Waals surface area contributed by atoms with Gasteiger partial charge >= 0.3 is 6.01 Å². The minimum atomic E-state index is -3.54. The largest absolute Gasteiger partial charge is 0.403 e. The molecule has 0 bridgehead atoms. The Morgan fingerprint density at radius 3 is 2.24 bits per heavy atom. The number of hydrogen-bond donors (Lipinski definition) is 1. The second kappa shape index (κ2) is 8.14. The van der Waals surface area contributed by atoms with E-state index in [9.17, 15) is 13.2 Å². The molecule has 1 saturated heterocycles. The van der Waals surface area contributed by atoms with Crippen LogP contribution in [0.2, 0.25) is 0 Å². The summed E-state index contributed by atoms with van der Waals surface area (Å²) in [5, 5.41) is 10.4. The number of carbonyl (C=O) groups excluding carboxylic acids is 1. The van der Waals surface area contributed by atoms with E-state index in [2.05, 4.69) is 15.5 Å². The van der Waals surface area contributed by atoms with Gasteiger partial charge in [0, 0.05) is 24.6 Å². The Morgan fingerprint density at radius 1 is 0.966 bits per heavy atom. The molecule has 2 heterocycles. The average molecular weight is 412 g/mol. The highest BCUT2D eigenvalue weighted by molar-refractivity contribution is 7.89. The van der Waals surface area contributed by atoms with Gasteiger partial charge in [-0.3, -0.25) is 10.1 Å². The molecule has 0 spiro atoms. The van der Waals surface area contributed by atoms with Gasteiger partial charge < -0.3 is 4.42 Å². The first-order valence-electron chi connectivity index (χ1n) is 9.29. The number of aromatic nitrogens is 2. The molecule has 4 rings (SSSR count). The molecule has 1 N–H and O–H groups in total. The van der Waals surface area contributed by atoms with Gasteiger partial charge in [-0.25, -0.2) is 8.42 Å². The molecule has 1 amide bonds. The third-order valence-electron chi connectivity index (χ3n) is 4.88. The number of nitrogens with one attached hydrogen (secondary N) is 1. The predicted molar refractivity (Wildman–Crippen MR) is 106 cm³/mol. The van der Waals surface area contributed by atoms with Crippen LogP contribution >= 0.6 is 0 Å². The van der Waals surface area contributed by atoms with Gasteiger partial charge in [-0.1, -0.05) is 41.5 Å². The van der Waals surface area contributed by atoms with E-state index in [1.807, 2.05) is 30.3 Å². The topological polar surface area (TPSA) is 105 Å². The third kappa shape index (κ3) is 4.20. The van der Waals surface area contributed by atoms with Crippen LogP contribution in [0.25, 0.3) is 11.5 Å². The Kier molecular flexibility index (Phi) is 5.41. The Morgan fingerprint density at radius 2 is 1.59 bits per heavy atom. The van der Waals surface area contributed by atoms with Crippen LogP contribution in [0.5, 0.6) is 0 Å². The Labute approximate surface area is 168 Å². The normalized spacial score (nSPS) is 15.9. The van der Waals surface area contributed by atoms with E-state index in [4.69, 9.17) is 4.42 Å². The Balaban J connectivity index is 1.36. The van der Waals surface area contributed by atoms with E-state index in [1.54, 1.807) is 30.3 Å². The van der Waals surface area contributed by atoms with Gasteiger partial charge in [-0.05, 0) is 37.1 Å². The fourth-order valence-corrected chi connectivity index (χ4v) is 4.77. The number of rotatable bonds is 5. The lowest BCUT2D eigenvalue weighted by Gasteiger charge is -2.30. The van der Waals surface area contributed by atoms with Crippen LogP contribution in [0, 0.1) is 5.92 Å². The van der Waals surface area contributed by atoms with Gasteiger partial charge in [0.2, 0.25) is 21.8 Å². The van der Waals surface area contributed by atoms with Crippen molar-refractivity contribution in [2.75, 3.05) is 18.4 Å². The van der Waals surface area contributed by atoms with Gasteiger partial charge in [0.1, 0.15) is 0 Å². The lowest BCUT2D eigenvalue weighted by atomic mass is 9.97. The summed E-state index contributed by atoms with van der Waals surface area (Å²) in [4.78, 5) is 12.8. The smallest absolute Gasteiger partial charge is 0.322 e. The maximum atomic E-state index is 12.7. The van der Waals surface area contributed by atoms with Crippen LogP contribution in [0.4, 0.5) is 6.01 Å². The van der Waals surface area contributed by atoms with Crippen LogP contribution in [0.1, 0.15) is 12.8 Å². The summed E-state index contributed by atoms with van der Waals surface area (Å²) in [5.74, 6) is -0.237. The molecule has 1 aromatic heterocycles. The molecule has 0 aliphatic carbocycles. The van der Waals surface area contributed by atoms with Crippen LogP contribution < -0.4 is 5.32 Å². The van der Waals surface area contributed by atoms with Crippen LogP contribution in [0.3, 0.4) is 0 Å². The monoisotopic (exact) mass is 412 g/mol. The van der Waals surface area contributed by atoms with E-state index < -0.39 is 10.0 Å². The molecule has 1 aliphatic heterocycles. The third-order valence-corrected chi connectivity index (χ3v) is 6.79. The number of sulfonamides is 1. The van der Waals surface area contributed by atoms with Crippen molar-refractivity contribution in [3.05, 3.63) is 60.7 Å². The quantitative estimate of drug-likeness (QED) is 0.691. The summed E-state index contributed by atoms with van der Waals surface area (Å²) in [6, 6.07) is 17.6. The van der Waals surface area contributed by atoms with E-state index >= 15 is 0 Å². The zero-order valence-electron chi connectivity index (χ0n) is 15.6. The van der Waals surface area contributed by atoms with Crippen LogP contribution in [-0.2, 0) is 14.8 Å². The highest BCUT2D eigenvalue weighted by Gasteiger charge is 2.32. The van der Waals surface area contributed by atoms with Crippen molar-refractivity contribution in [3.63, 3.8) is 0 Å². The minimum Gasteiger partial charge on any atom is -0.403 e.